The number of rotatable bonds is 6. The van der Waals surface area contributed by atoms with E-state index in [1.54, 1.807) is 6.07 Å². The fraction of sp³-hybridized carbons (Fsp3) is 0.643. The zero-order valence-electron chi connectivity index (χ0n) is 12.5. The van der Waals surface area contributed by atoms with Crippen molar-refractivity contribution in [1.29, 1.82) is 0 Å². The third-order valence-corrected chi connectivity index (χ3v) is 5.85. The lowest BCUT2D eigenvalue weighted by Gasteiger charge is -2.18. The van der Waals surface area contributed by atoms with Gasteiger partial charge in [0.1, 0.15) is 4.90 Å². The van der Waals surface area contributed by atoms with Crippen LogP contribution in [0.3, 0.4) is 0 Å². The molecule has 1 heterocycles. The van der Waals surface area contributed by atoms with E-state index in [4.69, 9.17) is 10.5 Å². The van der Waals surface area contributed by atoms with Gasteiger partial charge in [-0.2, -0.15) is 0 Å². The fourth-order valence-corrected chi connectivity index (χ4v) is 3.50. The first-order valence-corrected chi connectivity index (χ1v) is 8.60. The van der Waals surface area contributed by atoms with Crippen molar-refractivity contribution in [3.8, 4) is 5.88 Å². The monoisotopic (exact) mass is 313 g/mol. The molecular formula is C14H23N3O3S. The summed E-state index contributed by atoms with van der Waals surface area (Å²) in [5.41, 5.74) is 5.75. The Bertz CT molecular complexity index is 557. The second-order valence-corrected chi connectivity index (χ2v) is 7.77. The molecule has 7 heteroatoms. The third-order valence-electron chi connectivity index (χ3n) is 4.05. The van der Waals surface area contributed by atoms with Gasteiger partial charge in [-0.15, -0.1) is 0 Å². The molecule has 2 N–H and O–H groups in total. The van der Waals surface area contributed by atoms with E-state index in [1.165, 1.54) is 32.8 Å². The van der Waals surface area contributed by atoms with E-state index in [1.807, 2.05) is 0 Å². The van der Waals surface area contributed by atoms with Crippen LogP contribution < -0.4 is 10.5 Å². The summed E-state index contributed by atoms with van der Waals surface area (Å²) < 4.78 is 30.7. The minimum absolute atomic E-state index is 0.167. The van der Waals surface area contributed by atoms with Crippen molar-refractivity contribution in [2.24, 2.45) is 17.6 Å². The molecule has 1 aliphatic carbocycles. The Morgan fingerprint density at radius 3 is 2.62 bits per heavy atom. The molecule has 0 spiro atoms. The summed E-state index contributed by atoms with van der Waals surface area (Å²) in [5, 5.41) is 0. The maximum atomic E-state index is 11.9. The van der Waals surface area contributed by atoms with Gasteiger partial charge in [0.15, 0.2) is 0 Å². The van der Waals surface area contributed by atoms with Crippen molar-refractivity contribution in [1.82, 2.24) is 9.29 Å². The number of aromatic nitrogens is 1. The van der Waals surface area contributed by atoms with Crippen LogP contribution in [0.4, 0.5) is 0 Å². The molecule has 0 amide bonds. The van der Waals surface area contributed by atoms with E-state index in [-0.39, 0.29) is 4.90 Å². The van der Waals surface area contributed by atoms with Crippen LogP contribution >= 0.6 is 0 Å². The highest BCUT2D eigenvalue weighted by Gasteiger charge is 2.26. The Labute approximate surface area is 126 Å². The van der Waals surface area contributed by atoms with Gasteiger partial charge in [0.2, 0.25) is 15.9 Å². The summed E-state index contributed by atoms with van der Waals surface area (Å²) in [6.07, 6.45) is 4.83. The van der Waals surface area contributed by atoms with Gasteiger partial charge in [-0.25, -0.2) is 17.7 Å². The highest BCUT2D eigenvalue weighted by atomic mass is 32.2. The van der Waals surface area contributed by atoms with Gasteiger partial charge in [0.05, 0.1) is 12.8 Å². The minimum atomic E-state index is -3.44. The van der Waals surface area contributed by atoms with Crippen LogP contribution in [0.1, 0.15) is 19.3 Å². The molecule has 2 unspecified atom stereocenters. The molecule has 1 aromatic rings. The highest BCUT2D eigenvalue weighted by Crippen LogP contribution is 2.31. The smallest absolute Gasteiger partial charge is 0.244 e. The van der Waals surface area contributed by atoms with Crippen LogP contribution in [0.5, 0.6) is 5.88 Å². The topological polar surface area (TPSA) is 85.5 Å². The summed E-state index contributed by atoms with van der Waals surface area (Å²) in [7, 11) is -0.453. The number of sulfonamides is 1. The van der Waals surface area contributed by atoms with Gasteiger partial charge in [-0.1, -0.05) is 6.42 Å². The van der Waals surface area contributed by atoms with E-state index in [2.05, 4.69) is 4.98 Å². The molecule has 1 fully saturated rings. The summed E-state index contributed by atoms with van der Waals surface area (Å²) in [6.45, 7) is 1.29. The van der Waals surface area contributed by atoms with Gasteiger partial charge < -0.3 is 10.5 Å². The first-order chi connectivity index (χ1) is 9.95. The Balaban J connectivity index is 1.97. The number of nitrogens with two attached hydrogens (primary N) is 1. The van der Waals surface area contributed by atoms with Gasteiger partial charge in [0, 0.05) is 20.2 Å². The Hall–Kier alpha value is -1.18. The lowest BCUT2D eigenvalue weighted by atomic mass is 9.97. The van der Waals surface area contributed by atoms with E-state index >= 15 is 0 Å². The van der Waals surface area contributed by atoms with Crippen LogP contribution in [0.15, 0.2) is 23.2 Å². The minimum Gasteiger partial charge on any atom is -0.477 e. The Kier molecular flexibility index (Phi) is 5.18. The molecule has 1 aliphatic rings. The zero-order valence-corrected chi connectivity index (χ0v) is 13.3. The Morgan fingerprint density at radius 1 is 1.33 bits per heavy atom. The Morgan fingerprint density at radius 2 is 2.05 bits per heavy atom. The highest BCUT2D eigenvalue weighted by molar-refractivity contribution is 7.89. The van der Waals surface area contributed by atoms with Crippen LogP contribution in [-0.2, 0) is 10.0 Å². The van der Waals surface area contributed by atoms with Gasteiger partial charge in [-0.05, 0) is 37.3 Å². The molecule has 1 saturated carbocycles. The van der Waals surface area contributed by atoms with Crippen molar-refractivity contribution in [3.05, 3.63) is 18.3 Å². The average Bonchev–Trinajstić information content (AvgIpc) is 2.92. The van der Waals surface area contributed by atoms with E-state index in [0.717, 1.165) is 17.1 Å². The van der Waals surface area contributed by atoms with Crippen molar-refractivity contribution in [2.75, 3.05) is 27.2 Å². The van der Waals surface area contributed by atoms with Crippen LogP contribution in [0, 0.1) is 11.8 Å². The average molecular weight is 313 g/mol. The van der Waals surface area contributed by atoms with Crippen LogP contribution in [-0.4, -0.2) is 45.0 Å². The van der Waals surface area contributed by atoms with Crippen molar-refractivity contribution >= 4 is 10.0 Å². The normalized spacial score (nSPS) is 22.7. The second kappa shape index (κ2) is 6.72. The molecule has 0 bridgehead atoms. The van der Waals surface area contributed by atoms with Crippen molar-refractivity contribution < 1.29 is 13.2 Å². The third kappa shape index (κ3) is 3.72. The van der Waals surface area contributed by atoms with Crippen molar-refractivity contribution in [2.45, 2.75) is 24.2 Å². The van der Waals surface area contributed by atoms with Crippen LogP contribution in [0.25, 0.3) is 0 Å². The standard InChI is InChI=1S/C14H23N3O3S/c1-17(2)21(18,19)13-6-7-14(16-9-13)20-10-12-5-3-4-11(12)8-15/h6-7,9,11-12H,3-5,8,10,15H2,1-2H3. The molecule has 1 aromatic heterocycles. The summed E-state index contributed by atoms with van der Waals surface area (Å²) in [5.74, 6) is 1.45. The zero-order chi connectivity index (χ0) is 15.5. The molecular weight excluding hydrogens is 290 g/mol. The van der Waals surface area contributed by atoms with Gasteiger partial charge in [-0.3, -0.25) is 0 Å². The molecule has 2 rings (SSSR count). The molecule has 118 valence electrons. The largest absolute Gasteiger partial charge is 0.477 e. The lowest BCUT2D eigenvalue weighted by Crippen LogP contribution is -2.24. The number of ether oxygens (including phenoxy) is 1. The lowest BCUT2D eigenvalue weighted by molar-refractivity contribution is 0.210. The second-order valence-electron chi connectivity index (χ2n) is 5.62. The molecule has 2 atom stereocenters. The summed E-state index contributed by atoms with van der Waals surface area (Å²) in [4.78, 5) is 4.25. The SMILES string of the molecule is CN(C)S(=O)(=O)c1ccc(OCC2CCCC2CN)nc1. The maximum Gasteiger partial charge on any atom is 0.244 e. The predicted octanol–water partition coefficient (Wildman–Crippen LogP) is 1.09. The van der Waals surface area contributed by atoms with Gasteiger partial charge in [0.25, 0.3) is 0 Å². The maximum absolute atomic E-state index is 11.9. The van der Waals surface area contributed by atoms with E-state index in [9.17, 15) is 8.42 Å². The number of pyridine rings is 1. The summed E-state index contributed by atoms with van der Waals surface area (Å²) >= 11 is 0. The molecule has 6 nitrogen and oxygen atoms in total. The predicted molar refractivity (Wildman–Crippen MR) is 80.5 cm³/mol. The number of hydrogen-bond donors (Lipinski definition) is 1. The van der Waals surface area contributed by atoms with E-state index < -0.39 is 10.0 Å². The molecule has 0 aromatic carbocycles. The molecule has 0 aliphatic heterocycles. The van der Waals surface area contributed by atoms with Crippen LogP contribution in [0.2, 0.25) is 0 Å². The first kappa shape index (κ1) is 16.2. The fourth-order valence-electron chi connectivity index (χ4n) is 2.65. The number of nitrogens with zero attached hydrogens (tertiary/aromatic N) is 2. The summed E-state index contributed by atoms with van der Waals surface area (Å²) in [6, 6.07) is 3.12. The van der Waals surface area contributed by atoms with E-state index in [0.29, 0.717) is 30.9 Å². The molecule has 21 heavy (non-hydrogen) atoms. The molecule has 0 radical (unpaired) electrons. The van der Waals surface area contributed by atoms with Gasteiger partial charge >= 0.3 is 0 Å². The molecule has 0 saturated heterocycles. The number of hydrogen-bond acceptors (Lipinski definition) is 5. The quantitative estimate of drug-likeness (QED) is 0.849. The first-order valence-electron chi connectivity index (χ1n) is 7.16. The van der Waals surface area contributed by atoms with Crippen molar-refractivity contribution in [3.63, 3.8) is 0 Å².